The van der Waals surface area contributed by atoms with Crippen molar-refractivity contribution < 1.29 is 22.7 Å². The van der Waals surface area contributed by atoms with Gasteiger partial charge < -0.3 is 20.7 Å². The molecule has 0 aliphatic heterocycles. The first-order chi connectivity index (χ1) is 13.9. The summed E-state index contributed by atoms with van der Waals surface area (Å²) in [5, 5.41) is 9.31. The van der Waals surface area contributed by atoms with Crippen molar-refractivity contribution in [2.45, 2.75) is 58.0 Å². The maximum atomic E-state index is 12.1. The Morgan fingerprint density at radius 1 is 1.17 bits per heavy atom. The van der Waals surface area contributed by atoms with E-state index in [2.05, 4.69) is 25.7 Å². The van der Waals surface area contributed by atoms with E-state index in [1.165, 1.54) is 0 Å². The van der Waals surface area contributed by atoms with Gasteiger partial charge in [0.25, 0.3) is 0 Å². The number of hydrogen-bond donors (Lipinski definition) is 3. The molecule has 29 heavy (non-hydrogen) atoms. The van der Waals surface area contributed by atoms with Gasteiger partial charge >= 0.3 is 6.18 Å². The van der Waals surface area contributed by atoms with E-state index in [0.717, 1.165) is 24.8 Å². The summed E-state index contributed by atoms with van der Waals surface area (Å²) < 4.78 is 40.9. The molecule has 0 aromatic heterocycles. The fraction of sp³-hybridized carbons (Fsp3) is 0.600. The Hall–Kier alpha value is -2.29. The van der Waals surface area contributed by atoms with Crippen molar-refractivity contribution in [2.75, 3.05) is 19.7 Å². The number of aliphatic imine (C=N–C) groups is 1. The number of guanidine groups is 1. The predicted molar refractivity (Wildman–Crippen MR) is 105 cm³/mol. The van der Waals surface area contributed by atoms with Gasteiger partial charge in [0, 0.05) is 25.6 Å². The zero-order chi connectivity index (χ0) is 21.1. The summed E-state index contributed by atoms with van der Waals surface area (Å²) in [6.45, 7) is 2.42. The first-order valence-electron chi connectivity index (χ1n) is 9.89. The van der Waals surface area contributed by atoms with Crippen LogP contribution < -0.4 is 16.0 Å². The number of carbonyl (C=O) groups excluding carboxylic acids is 1. The van der Waals surface area contributed by atoms with Gasteiger partial charge in [0.2, 0.25) is 5.91 Å². The lowest BCUT2D eigenvalue weighted by atomic mass is 10.1. The summed E-state index contributed by atoms with van der Waals surface area (Å²) in [5.74, 6) is 0.753. The van der Waals surface area contributed by atoms with Gasteiger partial charge in [-0.1, -0.05) is 24.3 Å². The summed E-state index contributed by atoms with van der Waals surface area (Å²) in [6, 6.07) is 7.50. The average molecular weight is 414 g/mol. The first kappa shape index (κ1) is 23.0. The molecule has 1 aliphatic carbocycles. The zero-order valence-electron chi connectivity index (χ0n) is 16.6. The topological polar surface area (TPSA) is 74.8 Å². The van der Waals surface area contributed by atoms with Crippen molar-refractivity contribution in [2.24, 2.45) is 4.99 Å². The molecule has 1 fully saturated rings. The minimum Gasteiger partial charge on any atom is -0.367 e. The van der Waals surface area contributed by atoms with Gasteiger partial charge in [-0.15, -0.1) is 0 Å². The second kappa shape index (κ2) is 11.6. The Morgan fingerprint density at radius 2 is 1.86 bits per heavy atom. The van der Waals surface area contributed by atoms with Crippen LogP contribution in [0.25, 0.3) is 0 Å². The third-order valence-electron chi connectivity index (χ3n) is 4.14. The SMILES string of the molecule is CCNC(=NCc1ccc(COCC(F)(F)F)cc1)NCCCC(=O)NC1CC1. The molecule has 0 bridgehead atoms. The van der Waals surface area contributed by atoms with Crippen LogP contribution in [0.15, 0.2) is 29.3 Å². The highest BCUT2D eigenvalue weighted by Crippen LogP contribution is 2.18. The normalized spacial score (nSPS) is 14.6. The molecule has 1 aromatic carbocycles. The molecule has 162 valence electrons. The lowest BCUT2D eigenvalue weighted by Crippen LogP contribution is -2.38. The molecule has 0 heterocycles. The van der Waals surface area contributed by atoms with Crippen molar-refractivity contribution in [1.82, 2.24) is 16.0 Å². The van der Waals surface area contributed by atoms with Gasteiger partial charge in [-0.3, -0.25) is 4.79 Å². The van der Waals surface area contributed by atoms with Gasteiger partial charge in [-0.05, 0) is 37.3 Å². The molecule has 0 unspecified atom stereocenters. The van der Waals surface area contributed by atoms with Gasteiger partial charge in [0.15, 0.2) is 5.96 Å². The van der Waals surface area contributed by atoms with Crippen molar-refractivity contribution in [3.05, 3.63) is 35.4 Å². The zero-order valence-corrected chi connectivity index (χ0v) is 16.6. The monoisotopic (exact) mass is 414 g/mol. The predicted octanol–water partition coefficient (Wildman–Crippen LogP) is 2.88. The fourth-order valence-corrected chi connectivity index (χ4v) is 2.52. The van der Waals surface area contributed by atoms with Crippen LogP contribution in [0.3, 0.4) is 0 Å². The van der Waals surface area contributed by atoms with Crippen LogP contribution >= 0.6 is 0 Å². The number of hydrogen-bond acceptors (Lipinski definition) is 3. The number of halogens is 3. The molecule has 1 saturated carbocycles. The third kappa shape index (κ3) is 10.7. The minimum atomic E-state index is -4.31. The number of benzene rings is 1. The number of alkyl halides is 3. The molecule has 2 rings (SSSR count). The molecule has 9 heteroatoms. The lowest BCUT2D eigenvalue weighted by Gasteiger charge is -2.11. The van der Waals surface area contributed by atoms with Crippen molar-refractivity contribution >= 4 is 11.9 Å². The summed E-state index contributed by atoms with van der Waals surface area (Å²) in [6.07, 6.45) is -0.937. The standard InChI is InChI=1S/C20H29F3N4O2/c1-2-24-19(25-11-3-4-18(28)27-17-9-10-17)26-12-15-5-7-16(8-6-15)13-29-14-20(21,22)23/h5-8,17H,2-4,9-14H2,1H3,(H,27,28)(H2,24,25,26). The smallest absolute Gasteiger partial charge is 0.367 e. The maximum Gasteiger partial charge on any atom is 0.411 e. The molecular weight excluding hydrogens is 385 g/mol. The van der Waals surface area contributed by atoms with Gasteiger partial charge in [-0.2, -0.15) is 13.2 Å². The molecule has 1 aliphatic rings. The van der Waals surface area contributed by atoms with E-state index < -0.39 is 12.8 Å². The van der Waals surface area contributed by atoms with E-state index in [-0.39, 0.29) is 12.5 Å². The number of ether oxygens (including phenoxy) is 1. The van der Waals surface area contributed by atoms with Crippen LogP contribution in [-0.2, 0) is 22.7 Å². The Kier molecular flexibility index (Phi) is 9.24. The largest absolute Gasteiger partial charge is 0.411 e. The summed E-state index contributed by atoms with van der Waals surface area (Å²) in [7, 11) is 0. The first-order valence-corrected chi connectivity index (χ1v) is 9.89. The molecule has 1 aromatic rings. The van der Waals surface area contributed by atoms with Crippen molar-refractivity contribution in [1.29, 1.82) is 0 Å². The molecule has 1 amide bonds. The van der Waals surface area contributed by atoms with Crippen LogP contribution in [-0.4, -0.2) is 43.8 Å². The Bertz CT molecular complexity index is 659. The van der Waals surface area contributed by atoms with E-state index >= 15 is 0 Å². The van der Waals surface area contributed by atoms with Crippen LogP contribution in [0.5, 0.6) is 0 Å². The summed E-state index contributed by atoms with van der Waals surface area (Å²) in [4.78, 5) is 16.2. The highest BCUT2D eigenvalue weighted by molar-refractivity contribution is 5.80. The van der Waals surface area contributed by atoms with E-state index in [1.54, 1.807) is 12.1 Å². The van der Waals surface area contributed by atoms with Crippen molar-refractivity contribution in [3.8, 4) is 0 Å². The molecule has 0 spiro atoms. The highest BCUT2D eigenvalue weighted by Gasteiger charge is 2.27. The number of amides is 1. The Morgan fingerprint density at radius 3 is 2.48 bits per heavy atom. The van der Waals surface area contributed by atoms with E-state index in [4.69, 9.17) is 0 Å². The number of rotatable bonds is 11. The van der Waals surface area contributed by atoms with Crippen LogP contribution in [0.2, 0.25) is 0 Å². The van der Waals surface area contributed by atoms with Crippen LogP contribution in [0, 0.1) is 0 Å². The lowest BCUT2D eigenvalue weighted by molar-refractivity contribution is -0.176. The van der Waals surface area contributed by atoms with Gasteiger partial charge in [0.05, 0.1) is 13.2 Å². The molecule has 6 nitrogen and oxygen atoms in total. The second-order valence-corrected chi connectivity index (χ2v) is 6.99. The fourth-order valence-electron chi connectivity index (χ4n) is 2.52. The number of nitrogens with zero attached hydrogens (tertiary/aromatic N) is 1. The van der Waals surface area contributed by atoms with E-state index in [9.17, 15) is 18.0 Å². The quantitative estimate of drug-likeness (QED) is 0.296. The number of carbonyl (C=O) groups is 1. The minimum absolute atomic E-state index is 0.0818. The summed E-state index contributed by atoms with van der Waals surface area (Å²) in [5.41, 5.74) is 1.61. The molecule has 0 atom stereocenters. The highest BCUT2D eigenvalue weighted by atomic mass is 19.4. The molecular formula is C20H29F3N4O2. The van der Waals surface area contributed by atoms with Crippen LogP contribution in [0.4, 0.5) is 13.2 Å². The second-order valence-electron chi connectivity index (χ2n) is 6.99. The van der Waals surface area contributed by atoms with Crippen LogP contribution in [0.1, 0.15) is 43.7 Å². The molecule has 0 saturated heterocycles. The maximum absolute atomic E-state index is 12.1. The molecule has 0 radical (unpaired) electrons. The van der Waals surface area contributed by atoms with Gasteiger partial charge in [-0.25, -0.2) is 4.99 Å². The van der Waals surface area contributed by atoms with E-state index in [1.807, 2.05) is 19.1 Å². The Balaban J connectivity index is 1.71. The van der Waals surface area contributed by atoms with Crippen molar-refractivity contribution in [3.63, 3.8) is 0 Å². The third-order valence-corrected chi connectivity index (χ3v) is 4.14. The Labute approximate surface area is 169 Å². The molecule has 3 N–H and O–H groups in total. The van der Waals surface area contributed by atoms with Gasteiger partial charge in [0.1, 0.15) is 6.61 Å². The number of nitrogens with one attached hydrogen (secondary N) is 3. The van der Waals surface area contributed by atoms with E-state index in [0.29, 0.717) is 43.6 Å². The average Bonchev–Trinajstić information content (AvgIpc) is 3.47. The summed E-state index contributed by atoms with van der Waals surface area (Å²) >= 11 is 0.